The molecule has 3 nitrogen and oxygen atoms in total. The monoisotopic (exact) mass is 269 g/mol. The van der Waals surface area contributed by atoms with Crippen molar-refractivity contribution in [2.75, 3.05) is 6.54 Å². The van der Waals surface area contributed by atoms with Gasteiger partial charge in [-0.25, -0.2) is 8.78 Å². The summed E-state index contributed by atoms with van der Waals surface area (Å²) in [7, 11) is 0. The van der Waals surface area contributed by atoms with Crippen molar-refractivity contribution in [3.63, 3.8) is 0 Å². The molecule has 1 aromatic rings. The van der Waals surface area contributed by atoms with Crippen LogP contribution in [-0.2, 0) is 11.3 Å². The van der Waals surface area contributed by atoms with Gasteiger partial charge in [0.15, 0.2) is 11.6 Å². The molecule has 0 aliphatic carbocycles. The van der Waals surface area contributed by atoms with E-state index in [1.54, 1.807) is 11.8 Å². The number of hydrogen-bond acceptors (Lipinski definition) is 2. The van der Waals surface area contributed by atoms with Gasteiger partial charge in [0.1, 0.15) is 5.54 Å². The van der Waals surface area contributed by atoms with Crippen LogP contribution in [-0.4, -0.2) is 28.1 Å². The van der Waals surface area contributed by atoms with Gasteiger partial charge in [0, 0.05) is 12.1 Å². The molecule has 0 spiro atoms. The third kappa shape index (κ3) is 2.61. The highest BCUT2D eigenvalue weighted by Gasteiger charge is 2.41. The van der Waals surface area contributed by atoms with Crippen molar-refractivity contribution in [1.29, 1.82) is 0 Å². The highest BCUT2D eigenvalue weighted by Crippen LogP contribution is 2.30. The van der Waals surface area contributed by atoms with Gasteiger partial charge < -0.3 is 5.11 Å². The maximum atomic E-state index is 13.7. The average Bonchev–Trinajstić information content (AvgIpc) is 2.37. The van der Waals surface area contributed by atoms with E-state index in [-0.39, 0.29) is 12.1 Å². The average molecular weight is 269 g/mol. The number of halogens is 2. The fourth-order valence-electron chi connectivity index (χ4n) is 2.55. The highest BCUT2D eigenvalue weighted by molar-refractivity contribution is 5.78. The maximum Gasteiger partial charge on any atom is 0.323 e. The molecule has 1 fully saturated rings. The van der Waals surface area contributed by atoms with Gasteiger partial charge in [-0.15, -0.1) is 0 Å². The van der Waals surface area contributed by atoms with Crippen molar-refractivity contribution in [1.82, 2.24) is 4.90 Å². The predicted molar refractivity (Wildman–Crippen MR) is 66.7 cm³/mol. The van der Waals surface area contributed by atoms with Gasteiger partial charge in [-0.2, -0.15) is 0 Å². The van der Waals surface area contributed by atoms with Gasteiger partial charge in [-0.1, -0.05) is 12.1 Å². The summed E-state index contributed by atoms with van der Waals surface area (Å²) in [4.78, 5) is 13.1. The van der Waals surface area contributed by atoms with Crippen LogP contribution in [0.5, 0.6) is 0 Å². The summed E-state index contributed by atoms with van der Waals surface area (Å²) in [5.41, 5.74) is -0.800. The molecule has 1 aliphatic heterocycles. The van der Waals surface area contributed by atoms with Gasteiger partial charge in [-0.3, -0.25) is 9.69 Å². The first-order chi connectivity index (χ1) is 8.95. The summed E-state index contributed by atoms with van der Waals surface area (Å²) in [5.74, 6) is -2.70. The largest absolute Gasteiger partial charge is 0.480 e. The standard InChI is InChI=1S/C14H17F2NO2/c1-14(13(18)19)7-2-3-8-17(14)9-10-5-4-6-11(15)12(10)16/h4-6H,2-3,7-9H2,1H3,(H,18,19). The van der Waals surface area contributed by atoms with Crippen molar-refractivity contribution in [2.45, 2.75) is 38.3 Å². The second-order valence-electron chi connectivity index (χ2n) is 5.17. The number of aliphatic carboxylic acids is 1. The number of benzene rings is 1. The molecule has 1 saturated heterocycles. The molecule has 104 valence electrons. The number of likely N-dealkylation sites (tertiary alicyclic amines) is 1. The molecule has 0 radical (unpaired) electrons. The number of hydrogen-bond donors (Lipinski definition) is 1. The van der Waals surface area contributed by atoms with E-state index in [4.69, 9.17) is 0 Å². The van der Waals surface area contributed by atoms with Crippen LogP contribution in [0.2, 0.25) is 0 Å². The molecular weight excluding hydrogens is 252 g/mol. The smallest absolute Gasteiger partial charge is 0.323 e. The number of piperidine rings is 1. The van der Waals surface area contributed by atoms with Crippen molar-refractivity contribution in [3.8, 4) is 0 Å². The molecule has 1 heterocycles. The van der Waals surface area contributed by atoms with E-state index in [2.05, 4.69) is 0 Å². The molecule has 1 atom stereocenters. The quantitative estimate of drug-likeness (QED) is 0.917. The Labute approximate surface area is 110 Å². The lowest BCUT2D eigenvalue weighted by atomic mass is 9.88. The van der Waals surface area contributed by atoms with E-state index in [0.717, 1.165) is 18.9 Å². The van der Waals surface area contributed by atoms with Crippen molar-refractivity contribution < 1.29 is 18.7 Å². The van der Waals surface area contributed by atoms with E-state index in [0.29, 0.717) is 13.0 Å². The Hall–Kier alpha value is -1.49. The van der Waals surface area contributed by atoms with Crippen LogP contribution < -0.4 is 0 Å². The summed E-state index contributed by atoms with van der Waals surface area (Å²) in [6, 6.07) is 4.00. The van der Waals surface area contributed by atoms with E-state index in [1.807, 2.05) is 0 Å². The summed E-state index contributed by atoms with van der Waals surface area (Å²) in [6.07, 6.45) is 2.24. The fourth-order valence-corrected chi connectivity index (χ4v) is 2.55. The molecule has 1 unspecified atom stereocenters. The molecular formula is C14H17F2NO2. The van der Waals surface area contributed by atoms with Crippen LogP contribution in [0, 0.1) is 11.6 Å². The van der Waals surface area contributed by atoms with E-state index < -0.39 is 23.1 Å². The number of rotatable bonds is 3. The highest BCUT2D eigenvalue weighted by atomic mass is 19.2. The van der Waals surface area contributed by atoms with Crippen molar-refractivity contribution >= 4 is 5.97 Å². The molecule has 2 rings (SSSR count). The van der Waals surface area contributed by atoms with E-state index in [1.165, 1.54) is 12.1 Å². The number of nitrogens with zero attached hydrogens (tertiary/aromatic N) is 1. The van der Waals surface area contributed by atoms with Crippen LogP contribution in [0.4, 0.5) is 8.78 Å². The summed E-state index contributed by atoms with van der Waals surface area (Å²) < 4.78 is 26.8. The third-order valence-corrected chi connectivity index (χ3v) is 3.89. The Kier molecular flexibility index (Phi) is 3.85. The molecule has 1 aromatic carbocycles. The number of carboxylic acids is 1. The zero-order valence-corrected chi connectivity index (χ0v) is 10.8. The van der Waals surface area contributed by atoms with Crippen molar-refractivity contribution in [3.05, 3.63) is 35.4 Å². The van der Waals surface area contributed by atoms with Gasteiger partial charge in [-0.05, 0) is 38.8 Å². The molecule has 5 heteroatoms. The lowest BCUT2D eigenvalue weighted by Gasteiger charge is -2.41. The van der Waals surface area contributed by atoms with Crippen LogP contribution in [0.3, 0.4) is 0 Å². The Morgan fingerprint density at radius 3 is 2.84 bits per heavy atom. The van der Waals surface area contributed by atoms with Crippen molar-refractivity contribution in [2.24, 2.45) is 0 Å². The summed E-state index contributed by atoms with van der Waals surface area (Å²) in [5, 5.41) is 9.36. The van der Waals surface area contributed by atoms with E-state index in [9.17, 15) is 18.7 Å². The summed E-state index contributed by atoms with van der Waals surface area (Å²) >= 11 is 0. The predicted octanol–water partition coefficient (Wildman–Crippen LogP) is 2.79. The molecule has 0 saturated carbocycles. The first-order valence-electron chi connectivity index (χ1n) is 6.36. The van der Waals surface area contributed by atoms with Crippen LogP contribution in [0.25, 0.3) is 0 Å². The lowest BCUT2D eigenvalue weighted by molar-refractivity contribution is -0.153. The second-order valence-corrected chi connectivity index (χ2v) is 5.17. The Bertz CT molecular complexity index is 492. The number of carbonyl (C=O) groups is 1. The summed E-state index contributed by atoms with van der Waals surface area (Å²) in [6.45, 7) is 2.34. The molecule has 19 heavy (non-hydrogen) atoms. The Balaban J connectivity index is 2.25. The van der Waals surface area contributed by atoms with E-state index >= 15 is 0 Å². The molecule has 0 bridgehead atoms. The molecule has 1 N–H and O–H groups in total. The lowest BCUT2D eigenvalue weighted by Crippen LogP contribution is -2.54. The first kappa shape index (κ1) is 13.9. The fraction of sp³-hybridized carbons (Fsp3) is 0.500. The molecule has 0 aromatic heterocycles. The third-order valence-electron chi connectivity index (χ3n) is 3.89. The van der Waals surface area contributed by atoms with Crippen LogP contribution in [0.15, 0.2) is 18.2 Å². The van der Waals surface area contributed by atoms with Crippen LogP contribution in [0.1, 0.15) is 31.7 Å². The van der Waals surface area contributed by atoms with Gasteiger partial charge >= 0.3 is 5.97 Å². The van der Waals surface area contributed by atoms with Gasteiger partial charge in [0.2, 0.25) is 0 Å². The Morgan fingerprint density at radius 2 is 2.16 bits per heavy atom. The Morgan fingerprint density at radius 1 is 1.42 bits per heavy atom. The molecule has 1 aliphatic rings. The molecule has 0 amide bonds. The number of carboxylic acid groups (broad SMARTS) is 1. The van der Waals surface area contributed by atoms with Crippen LogP contribution >= 0.6 is 0 Å². The topological polar surface area (TPSA) is 40.5 Å². The zero-order chi connectivity index (χ0) is 14.0. The zero-order valence-electron chi connectivity index (χ0n) is 10.8. The minimum atomic E-state index is -1.00. The first-order valence-corrected chi connectivity index (χ1v) is 6.36. The SMILES string of the molecule is CC1(C(=O)O)CCCCN1Cc1cccc(F)c1F. The minimum Gasteiger partial charge on any atom is -0.480 e. The van der Waals surface area contributed by atoms with Gasteiger partial charge in [0.25, 0.3) is 0 Å². The maximum absolute atomic E-state index is 13.7. The normalized spacial score (nSPS) is 24.4. The van der Waals surface area contributed by atoms with Gasteiger partial charge in [0.05, 0.1) is 0 Å². The minimum absolute atomic E-state index is 0.117. The second kappa shape index (κ2) is 5.25.